The molecular formula is C20H25N3O3. The molecule has 0 saturated carbocycles. The van der Waals surface area contributed by atoms with Gasteiger partial charge in [-0.05, 0) is 20.2 Å². The number of Topliss-reactive ketones (excluding diaryl/α,β-unsaturated/α-hetero) is 1. The molecule has 0 aliphatic carbocycles. The zero-order valence-corrected chi connectivity index (χ0v) is 15.7. The molecule has 1 aliphatic heterocycles. The van der Waals surface area contributed by atoms with Crippen LogP contribution >= 0.6 is 0 Å². The van der Waals surface area contributed by atoms with Gasteiger partial charge in [0.1, 0.15) is 0 Å². The summed E-state index contributed by atoms with van der Waals surface area (Å²) in [5, 5.41) is 11.4. The molecule has 0 saturated heterocycles. The van der Waals surface area contributed by atoms with Crippen molar-refractivity contribution in [3.05, 3.63) is 47.4 Å². The number of rotatable bonds is 6. The molecule has 0 bridgehead atoms. The zero-order chi connectivity index (χ0) is 19.0. The minimum Gasteiger partial charge on any atom is -0.503 e. The van der Waals surface area contributed by atoms with Crippen LogP contribution in [0, 0.1) is 0 Å². The van der Waals surface area contributed by atoms with E-state index in [4.69, 9.17) is 0 Å². The van der Waals surface area contributed by atoms with Crippen molar-refractivity contribution < 1.29 is 14.7 Å². The maximum absolute atomic E-state index is 12.7. The number of aliphatic hydroxyl groups is 1. The molecule has 6 heteroatoms. The number of aryl methyl sites for hydroxylation is 1. The number of benzene rings is 1. The maximum atomic E-state index is 12.7. The van der Waals surface area contributed by atoms with Crippen molar-refractivity contribution in [2.24, 2.45) is 7.05 Å². The molecule has 1 amide bonds. The number of likely N-dealkylation sites (N-methyl/N-ethyl adjacent to an activating group) is 1. The Hall–Kier alpha value is -2.60. The van der Waals surface area contributed by atoms with Crippen molar-refractivity contribution in [2.75, 3.05) is 27.2 Å². The van der Waals surface area contributed by atoms with Gasteiger partial charge in [-0.2, -0.15) is 0 Å². The molecule has 3 rings (SSSR count). The number of fused-ring (bicyclic) bond motifs is 1. The Morgan fingerprint density at radius 1 is 1.27 bits per heavy atom. The number of para-hydroxylation sites is 1. The van der Waals surface area contributed by atoms with Crippen LogP contribution < -0.4 is 0 Å². The number of carbonyl (C=O) groups is 2. The van der Waals surface area contributed by atoms with Crippen LogP contribution in [0.5, 0.6) is 0 Å². The van der Waals surface area contributed by atoms with Crippen LogP contribution in [0.3, 0.4) is 0 Å². The third kappa shape index (κ3) is 2.90. The van der Waals surface area contributed by atoms with E-state index in [9.17, 15) is 14.7 Å². The summed E-state index contributed by atoms with van der Waals surface area (Å²) >= 11 is 0. The number of aromatic nitrogens is 1. The summed E-state index contributed by atoms with van der Waals surface area (Å²) in [5.41, 5.74) is 2.11. The monoisotopic (exact) mass is 355 g/mol. The Labute approximate surface area is 153 Å². The highest BCUT2D eigenvalue weighted by molar-refractivity contribution is 6.09. The fourth-order valence-corrected chi connectivity index (χ4v) is 3.58. The summed E-state index contributed by atoms with van der Waals surface area (Å²) in [6.45, 7) is 2.83. The van der Waals surface area contributed by atoms with Gasteiger partial charge in [-0.15, -0.1) is 0 Å². The van der Waals surface area contributed by atoms with Gasteiger partial charge in [0.25, 0.3) is 5.91 Å². The van der Waals surface area contributed by atoms with E-state index in [1.54, 1.807) is 11.8 Å². The first kappa shape index (κ1) is 18.2. The molecule has 0 spiro atoms. The molecule has 2 aromatic rings. The molecule has 1 aromatic heterocycles. The van der Waals surface area contributed by atoms with Gasteiger partial charge in [0.05, 0.1) is 11.6 Å². The summed E-state index contributed by atoms with van der Waals surface area (Å²) in [5.74, 6) is -1.07. The van der Waals surface area contributed by atoms with Crippen LogP contribution in [0.4, 0.5) is 0 Å². The number of hydrogen-bond donors (Lipinski definition) is 1. The topological polar surface area (TPSA) is 65.8 Å². The second-order valence-corrected chi connectivity index (χ2v) is 6.96. The Bertz CT molecular complexity index is 895. The van der Waals surface area contributed by atoms with Crippen molar-refractivity contribution in [3.8, 4) is 0 Å². The largest absolute Gasteiger partial charge is 0.503 e. The van der Waals surface area contributed by atoms with Gasteiger partial charge < -0.3 is 19.5 Å². The van der Waals surface area contributed by atoms with Crippen molar-refractivity contribution in [3.63, 3.8) is 0 Å². The summed E-state index contributed by atoms with van der Waals surface area (Å²) in [6, 6.07) is 7.34. The lowest BCUT2D eigenvalue weighted by molar-refractivity contribution is -0.129. The van der Waals surface area contributed by atoms with Gasteiger partial charge in [0.2, 0.25) is 0 Å². The highest BCUT2D eigenvalue weighted by Gasteiger charge is 2.43. The molecule has 6 nitrogen and oxygen atoms in total. The van der Waals surface area contributed by atoms with Gasteiger partial charge in [0, 0.05) is 49.2 Å². The van der Waals surface area contributed by atoms with Gasteiger partial charge in [-0.3, -0.25) is 9.59 Å². The normalized spacial score (nSPS) is 17.8. The van der Waals surface area contributed by atoms with Crippen LogP contribution in [-0.2, 0) is 16.6 Å². The van der Waals surface area contributed by atoms with E-state index in [0.29, 0.717) is 13.1 Å². The molecule has 1 aliphatic rings. The fourth-order valence-electron chi connectivity index (χ4n) is 3.58. The summed E-state index contributed by atoms with van der Waals surface area (Å²) < 4.78 is 1.99. The number of hydrogen-bond acceptors (Lipinski definition) is 4. The van der Waals surface area contributed by atoms with Gasteiger partial charge in [0.15, 0.2) is 11.5 Å². The van der Waals surface area contributed by atoms with Crippen LogP contribution in [0.25, 0.3) is 10.9 Å². The number of ketones is 1. The van der Waals surface area contributed by atoms with Gasteiger partial charge >= 0.3 is 0 Å². The Morgan fingerprint density at radius 3 is 2.62 bits per heavy atom. The lowest BCUT2D eigenvalue weighted by Crippen LogP contribution is -2.36. The van der Waals surface area contributed by atoms with E-state index in [1.807, 2.05) is 61.1 Å². The van der Waals surface area contributed by atoms with E-state index in [-0.39, 0.29) is 17.8 Å². The number of amides is 1. The first-order valence-corrected chi connectivity index (χ1v) is 8.82. The molecule has 1 unspecified atom stereocenters. The van der Waals surface area contributed by atoms with Crippen molar-refractivity contribution in [1.29, 1.82) is 0 Å². The Kier molecular flexibility index (Phi) is 4.87. The van der Waals surface area contributed by atoms with Gasteiger partial charge in [-0.1, -0.05) is 25.1 Å². The smallest absolute Gasteiger partial charge is 0.290 e. The van der Waals surface area contributed by atoms with Crippen molar-refractivity contribution >= 4 is 22.6 Å². The van der Waals surface area contributed by atoms with Crippen LogP contribution in [0.2, 0.25) is 0 Å². The van der Waals surface area contributed by atoms with E-state index in [0.717, 1.165) is 16.5 Å². The van der Waals surface area contributed by atoms with Crippen molar-refractivity contribution in [1.82, 2.24) is 14.4 Å². The minimum atomic E-state index is -0.555. The Balaban J connectivity index is 2.16. The van der Waals surface area contributed by atoms with E-state index in [1.165, 1.54) is 0 Å². The molecule has 2 heterocycles. The quantitative estimate of drug-likeness (QED) is 0.864. The minimum absolute atomic E-state index is 0.193. The standard InChI is InChI=1S/C20H25N3O3/c1-5-16(24)17-18(23(11-10-21(2)3)20(26)19(17)25)14-12-22(4)15-9-7-6-8-13(14)15/h6-9,12,18,25H,5,10-11H2,1-4H3. The van der Waals surface area contributed by atoms with E-state index in [2.05, 4.69) is 0 Å². The summed E-state index contributed by atoms with van der Waals surface area (Å²) in [6.07, 6.45) is 2.20. The molecule has 1 atom stereocenters. The van der Waals surface area contributed by atoms with Gasteiger partial charge in [-0.25, -0.2) is 0 Å². The van der Waals surface area contributed by atoms with Crippen LogP contribution in [0.1, 0.15) is 24.9 Å². The highest BCUT2D eigenvalue weighted by Crippen LogP contribution is 2.41. The lowest BCUT2D eigenvalue weighted by atomic mass is 9.95. The Morgan fingerprint density at radius 2 is 1.96 bits per heavy atom. The SMILES string of the molecule is CCC(=O)C1=C(O)C(=O)N(CCN(C)C)C1c1cn(C)c2ccccc12. The molecule has 138 valence electrons. The van der Waals surface area contributed by atoms with Crippen LogP contribution in [-0.4, -0.2) is 58.3 Å². The zero-order valence-electron chi connectivity index (χ0n) is 15.7. The predicted molar refractivity (Wildman–Crippen MR) is 101 cm³/mol. The van der Waals surface area contributed by atoms with Crippen LogP contribution in [0.15, 0.2) is 41.8 Å². The lowest BCUT2D eigenvalue weighted by Gasteiger charge is -2.27. The number of aliphatic hydroxyl groups excluding tert-OH is 1. The first-order chi connectivity index (χ1) is 12.4. The highest BCUT2D eigenvalue weighted by atomic mass is 16.3. The number of carbonyl (C=O) groups excluding carboxylic acids is 2. The molecular weight excluding hydrogens is 330 g/mol. The molecule has 1 N–H and O–H groups in total. The fraction of sp³-hybridized carbons (Fsp3) is 0.400. The van der Waals surface area contributed by atoms with Crippen molar-refractivity contribution in [2.45, 2.75) is 19.4 Å². The second-order valence-electron chi connectivity index (χ2n) is 6.96. The van der Waals surface area contributed by atoms with E-state index >= 15 is 0 Å². The molecule has 1 aromatic carbocycles. The molecule has 0 fully saturated rings. The second kappa shape index (κ2) is 6.96. The third-order valence-electron chi connectivity index (χ3n) is 4.94. The number of nitrogens with zero attached hydrogens (tertiary/aromatic N) is 3. The average Bonchev–Trinajstić information content (AvgIpc) is 3.08. The molecule has 26 heavy (non-hydrogen) atoms. The van der Waals surface area contributed by atoms with E-state index < -0.39 is 17.7 Å². The summed E-state index contributed by atoms with van der Waals surface area (Å²) in [4.78, 5) is 28.9. The predicted octanol–water partition coefficient (Wildman–Crippen LogP) is 2.41. The maximum Gasteiger partial charge on any atom is 0.290 e. The molecule has 0 radical (unpaired) electrons. The first-order valence-electron chi connectivity index (χ1n) is 8.82. The third-order valence-corrected chi connectivity index (χ3v) is 4.94. The average molecular weight is 355 g/mol. The summed E-state index contributed by atoms with van der Waals surface area (Å²) in [7, 11) is 5.80.